The number of rotatable bonds is 2. The molecule has 0 bridgehead atoms. The van der Waals surface area contributed by atoms with Crippen molar-refractivity contribution in [3.05, 3.63) is 0 Å². The summed E-state index contributed by atoms with van der Waals surface area (Å²) in [5, 5.41) is 8.72. The molecule has 1 heterocycles. The van der Waals surface area contributed by atoms with Gasteiger partial charge in [0.25, 0.3) is 10.1 Å². The lowest BCUT2D eigenvalue weighted by molar-refractivity contribution is 0.137. The molecule has 2 unspecified atom stereocenters. The van der Waals surface area contributed by atoms with E-state index in [1.165, 1.54) is 4.90 Å². The second-order valence-corrected chi connectivity index (χ2v) is 5.04. The van der Waals surface area contributed by atoms with Crippen LogP contribution in [0.5, 0.6) is 0 Å². The lowest BCUT2D eigenvalue weighted by Crippen LogP contribution is -2.33. The SMILES string of the molecule is CC1CC(OS(C)(=O)=O)CN1C(=O)O. The summed E-state index contributed by atoms with van der Waals surface area (Å²) in [5.41, 5.74) is 0. The average Bonchev–Trinajstić information content (AvgIpc) is 2.26. The minimum Gasteiger partial charge on any atom is -0.465 e. The van der Waals surface area contributed by atoms with Gasteiger partial charge in [0.2, 0.25) is 0 Å². The predicted molar refractivity (Wildman–Crippen MR) is 48.5 cm³/mol. The number of likely N-dealkylation sites (tertiary alicyclic amines) is 1. The third-order valence-corrected chi connectivity index (χ3v) is 2.71. The number of amides is 1. The van der Waals surface area contributed by atoms with Crippen molar-refractivity contribution in [2.45, 2.75) is 25.5 Å². The summed E-state index contributed by atoms with van der Waals surface area (Å²) in [4.78, 5) is 11.8. The van der Waals surface area contributed by atoms with Crippen LogP contribution in [-0.4, -0.2) is 49.5 Å². The van der Waals surface area contributed by atoms with Crippen LogP contribution in [0.25, 0.3) is 0 Å². The van der Waals surface area contributed by atoms with Gasteiger partial charge in [-0.1, -0.05) is 0 Å². The van der Waals surface area contributed by atoms with Gasteiger partial charge in [-0.3, -0.25) is 4.18 Å². The van der Waals surface area contributed by atoms with Crippen LogP contribution in [0.2, 0.25) is 0 Å². The van der Waals surface area contributed by atoms with Gasteiger partial charge < -0.3 is 10.0 Å². The fraction of sp³-hybridized carbons (Fsp3) is 0.857. The summed E-state index contributed by atoms with van der Waals surface area (Å²) in [6, 6.07) is -0.195. The Morgan fingerprint density at radius 3 is 2.50 bits per heavy atom. The van der Waals surface area contributed by atoms with Crippen molar-refractivity contribution in [3.63, 3.8) is 0 Å². The highest BCUT2D eigenvalue weighted by molar-refractivity contribution is 7.86. The normalized spacial score (nSPS) is 28.0. The summed E-state index contributed by atoms with van der Waals surface area (Å²) in [7, 11) is -3.50. The van der Waals surface area contributed by atoms with Crippen LogP contribution in [0.3, 0.4) is 0 Å². The van der Waals surface area contributed by atoms with Gasteiger partial charge in [-0.15, -0.1) is 0 Å². The standard InChI is InChI=1S/C7H13NO5S/c1-5-3-6(13-14(2,11)12)4-8(5)7(9)10/h5-6H,3-4H2,1-2H3,(H,9,10). The van der Waals surface area contributed by atoms with Crippen LogP contribution in [-0.2, 0) is 14.3 Å². The first kappa shape index (κ1) is 11.3. The molecular formula is C7H13NO5S. The van der Waals surface area contributed by atoms with Gasteiger partial charge in [0.15, 0.2) is 0 Å². The number of hydrogen-bond donors (Lipinski definition) is 1. The fourth-order valence-electron chi connectivity index (χ4n) is 1.57. The number of carbonyl (C=O) groups is 1. The molecule has 1 fully saturated rings. The molecule has 1 amide bonds. The van der Waals surface area contributed by atoms with Crippen molar-refractivity contribution >= 4 is 16.2 Å². The fourth-order valence-corrected chi connectivity index (χ4v) is 2.20. The predicted octanol–water partition coefficient (Wildman–Crippen LogP) is 0.103. The Bertz CT molecular complexity index is 325. The molecule has 6 nitrogen and oxygen atoms in total. The first-order valence-electron chi connectivity index (χ1n) is 4.17. The Labute approximate surface area is 82.6 Å². The molecule has 1 rings (SSSR count). The Kier molecular flexibility index (Phi) is 3.01. The van der Waals surface area contributed by atoms with E-state index in [-0.39, 0.29) is 12.6 Å². The zero-order valence-electron chi connectivity index (χ0n) is 8.00. The quantitative estimate of drug-likeness (QED) is 0.671. The maximum absolute atomic E-state index is 10.8. The molecule has 0 aromatic rings. The molecule has 82 valence electrons. The van der Waals surface area contributed by atoms with Gasteiger partial charge in [0, 0.05) is 6.04 Å². The van der Waals surface area contributed by atoms with E-state index in [2.05, 4.69) is 0 Å². The van der Waals surface area contributed by atoms with E-state index < -0.39 is 22.3 Å². The van der Waals surface area contributed by atoms with Crippen LogP contribution in [0.15, 0.2) is 0 Å². The molecule has 1 aliphatic heterocycles. The monoisotopic (exact) mass is 223 g/mol. The van der Waals surface area contributed by atoms with Crippen molar-refractivity contribution in [2.75, 3.05) is 12.8 Å². The lowest BCUT2D eigenvalue weighted by atomic mass is 10.2. The third kappa shape index (κ3) is 2.85. The Balaban J connectivity index is 2.60. The van der Waals surface area contributed by atoms with E-state index in [1.54, 1.807) is 6.92 Å². The van der Waals surface area contributed by atoms with Crippen LogP contribution in [0, 0.1) is 0 Å². The van der Waals surface area contributed by atoms with Crippen LogP contribution in [0.1, 0.15) is 13.3 Å². The molecule has 1 aliphatic rings. The molecule has 7 heteroatoms. The van der Waals surface area contributed by atoms with Gasteiger partial charge in [0.05, 0.1) is 18.9 Å². The highest BCUT2D eigenvalue weighted by Crippen LogP contribution is 2.20. The van der Waals surface area contributed by atoms with E-state index in [1.807, 2.05) is 0 Å². The number of hydrogen-bond acceptors (Lipinski definition) is 4. The first-order chi connectivity index (χ1) is 6.29. The van der Waals surface area contributed by atoms with Gasteiger partial charge in [0.1, 0.15) is 0 Å². The topological polar surface area (TPSA) is 83.9 Å². The second kappa shape index (κ2) is 3.74. The summed E-state index contributed by atoms with van der Waals surface area (Å²) in [6.07, 6.45) is -0.214. The van der Waals surface area contributed by atoms with Gasteiger partial charge in [-0.25, -0.2) is 4.79 Å². The van der Waals surface area contributed by atoms with E-state index in [4.69, 9.17) is 9.29 Å². The zero-order valence-corrected chi connectivity index (χ0v) is 8.82. The largest absolute Gasteiger partial charge is 0.465 e. The Morgan fingerprint density at radius 2 is 2.14 bits per heavy atom. The molecule has 0 saturated carbocycles. The molecule has 0 spiro atoms. The molecule has 0 aliphatic carbocycles. The van der Waals surface area contributed by atoms with Crippen molar-refractivity contribution in [2.24, 2.45) is 0 Å². The molecule has 0 aromatic heterocycles. The van der Waals surface area contributed by atoms with E-state index in [9.17, 15) is 13.2 Å². The first-order valence-corrected chi connectivity index (χ1v) is 5.99. The Hall–Kier alpha value is -0.820. The molecule has 0 radical (unpaired) electrons. The van der Waals surface area contributed by atoms with E-state index in [0.29, 0.717) is 6.42 Å². The van der Waals surface area contributed by atoms with E-state index >= 15 is 0 Å². The van der Waals surface area contributed by atoms with Crippen molar-refractivity contribution in [1.82, 2.24) is 4.90 Å². The molecule has 2 atom stereocenters. The summed E-state index contributed by atoms with van der Waals surface area (Å²) < 4.78 is 26.3. The van der Waals surface area contributed by atoms with Gasteiger partial charge in [-0.2, -0.15) is 8.42 Å². The minimum atomic E-state index is -3.50. The summed E-state index contributed by atoms with van der Waals surface area (Å²) in [5.74, 6) is 0. The van der Waals surface area contributed by atoms with E-state index in [0.717, 1.165) is 6.26 Å². The zero-order chi connectivity index (χ0) is 10.9. The lowest BCUT2D eigenvalue weighted by Gasteiger charge is -2.16. The molecule has 14 heavy (non-hydrogen) atoms. The molecule has 1 N–H and O–H groups in total. The minimum absolute atomic E-state index is 0.115. The van der Waals surface area contributed by atoms with Crippen molar-refractivity contribution < 1.29 is 22.5 Å². The average molecular weight is 223 g/mol. The summed E-state index contributed by atoms with van der Waals surface area (Å²) in [6.45, 7) is 1.84. The van der Waals surface area contributed by atoms with Gasteiger partial charge in [-0.05, 0) is 13.3 Å². The maximum Gasteiger partial charge on any atom is 0.407 e. The highest BCUT2D eigenvalue weighted by Gasteiger charge is 2.34. The highest BCUT2D eigenvalue weighted by atomic mass is 32.2. The van der Waals surface area contributed by atoms with Crippen LogP contribution in [0.4, 0.5) is 4.79 Å². The van der Waals surface area contributed by atoms with Crippen LogP contribution >= 0.6 is 0 Å². The molecule has 1 saturated heterocycles. The number of carboxylic acid groups (broad SMARTS) is 1. The van der Waals surface area contributed by atoms with Crippen molar-refractivity contribution in [3.8, 4) is 0 Å². The van der Waals surface area contributed by atoms with Crippen LogP contribution < -0.4 is 0 Å². The molecular weight excluding hydrogens is 210 g/mol. The second-order valence-electron chi connectivity index (χ2n) is 3.44. The summed E-state index contributed by atoms with van der Waals surface area (Å²) >= 11 is 0. The van der Waals surface area contributed by atoms with Crippen molar-refractivity contribution in [1.29, 1.82) is 0 Å². The van der Waals surface area contributed by atoms with Gasteiger partial charge >= 0.3 is 6.09 Å². The Morgan fingerprint density at radius 1 is 1.57 bits per heavy atom. The number of nitrogens with zero attached hydrogens (tertiary/aromatic N) is 1. The molecule has 0 aromatic carbocycles. The maximum atomic E-state index is 10.8. The smallest absolute Gasteiger partial charge is 0.407 e. The third-order valence-electron chi connectivity index (χ3n) is 2.09.